The third kappa shape index (κ3) is 3.75. The van der Waals surface area contributed by atoms with Crippen molar-refractivity contribution in [3.05, 3.63) is 47.5 Å². The standard InChI is InChI=1S/C17H18N2O5S/c1-11-7-14-15(24-10-17(20)19-14)8-16(11)25(21,22)18-9-12-3-5-13(23-2)6-4-12/h3-8,18H,9-10H2,1-2H3,(H,19,20). The summed E-state index contributed by atoms with van der Waals surface area (Å²) in [4.78, 5) is 11.5. The topological polar surface area (TPSA) is 93.7 Å². The maximum absolute atomic E-state index is 12.6. The number of carbonyl (C=O) groups excluding carboxylic acids is 1. The maximum Gasteiger partial charge on any atom is 0.262 e. The zero-order valence-electron chi connectivity index (χ0n) is 13.8. The van der Waals surface area contributed by atoms with Gasteiger partial charge in [0, 0.05) is 12.6 Å². The van der Waals surface area contributed by atoms with E-state index >= 15 is 0 Å². The van der Waals surface area contributed by atoms with Gasteiger partial charge in [-0.1, -0.05) is 12.1 Å². The lowest BCUT2D eigenvalue weighted by atomic mass is 10.2. The molecule has 1 aliphatic heterocycles. The first-order chi connectivity index (χ1) is 11.9. The van der Waals surface area contributed by atoms with Crippen molar-refractivity contribution in [3.8, 4) is 11.5 Å². The van der Waals surface area contributed by atoms with E-state index in [0.29, 0.717) is 22.7 Å². The molecule has 0 saturated carbocycles. The van der Waals surface area contributed by atoms with Gasteiger partial charge in [0.15, 0.2) is 6.61 Å². The Kier molecular flexibility index (Phi) is 4.65. The van der Waals surface area contributed by atoms with Gasteiger partial charge in [0.25, 0.3) is 5.91 Å². The summed E-state index contributed by atoms with van der Waals surface area (Å²) in [6.45, 7) is 1.69. The highest BCUT2D eigenvalue weighted by Gasteiger charge is 2.23. The summed E-state index contributed by atoms with van der Waals surface area (Å²) in [5, 5.41) is 2.66. The van der Waals surface area contributed by atoms with Gasteiger partial charge in [0.1, 0.15) is 11.5 Å². The molecule has 0 aliphatic carbocycles. The normalized spacial score (nSPS) is 13.6. The Hall–Kier alpha value is -2.58. The van der Waals surface area contributed by atoms with Crippen LogP contribution in [0.1, 0.15) is 11.1 Å². The van der Waals surface area contributed by atoms with Gasteiger partial charge in [0.2, 0.25) is 10.0 Å². The molecule has 3 rings (SSSR count). The van der Waals surface area contributed by atoms with Crippen molar-refractivity contribution in [3.63, 3.8) is 0 Å². The fourth-order valence-corrected chi connectivity index (χ4v) is 3.76. The second-order valence-electron chi connectivity index (χ2n) is 5.62. The maximum atomic E-state index is 12.6. The summed E-state index contributed by atoms with van der Waals surface area (Å²) in [5.41, 5.74) is 1.80. The van der Waals surface area contributed by atoms with Crippen LogP contribution in [0.4, 0.5) is 5.69 Å². The molecule has 2 N–H and O–H groups in total. The molecule has 1 amide bonds. The lowest BCUT2D eigenvalue weighted by Gasteiger charge is -2.20. The lowest BCUT2D eigenvalue weighted by Crippen LogP contribution is -2.27. The number of anilines is 1. The average Bonchev–Trinajstić information content (AvgIpc) is 2.59. The first kappa shape index (κ1) is 17.2. The van der Waals surface area contributed by atoms with Crippen LogP contribution >= 0.6 is 0 Å². The van der Waals surface area contributed by atoms with Crippen LogP contribution in [0.3, 0.4) is 0 Å². The van der Waals surface area contributed by atoms with Gasteiger partial charge in [-0.25, -0.2) is 13.1 Å². The Morgan fingerprint density at radius 1 is 1.24 bits per heavy atom. The second kappa shape index (κ2) is 6.73. The van der Waals surface area contributed by atoms with Crippen molar-refractivity contribution in [1.82, 2.24) is 4.72 Å². The number of sulfonamides is 1. The van der Waals surface area contributed by atoms with Crippen molar-refractivity contribution >= 4 is 21.6 Å². The first-order valence-electron chi connectivity index (χ1n) is 7.59. The summed E-state index contributed by atoms with van der Waals surface area (Å²) in [6, 6.07) is 10.1. The smallest absolute Gasteiger partial charge is 0.262 e. The molecule has 0 radical (unpaired) electrons. The van der Waals surface area contributed by atoms with Crippen molar-refractivity contribution in [2.45, 2.75) is 18.4 Å². The number of fused-ring (bicyclic) bond motifs is 1. The van der Waals surface area contributed by atoms with E-state index in [0.717, 1.165) is 5.56 Å². The first-order valence-corrected chi connectivity index (χ1v) is 9.07. The van der Waals surface area contributed by atoms with Crippen molar-refractivity contribution in [2.24, 2.45) is 0 Å². The largest absolute Gasteiger partial charge is 0.497 e. The second-order valence-corrected chi connectivity index (χ2v) is 7.36. The highest BCUT2D eigenvalue weighted by molar-refractivity contribution is 7.89. The van der Waals surface area contributed by atoms with Gasteiger partial charge in [-0.05, 0) is 36.2 Å². The molecular formula is C17H18N2O5S. The van der Waals surface area contributed by atoms with Crippen molar-refractivity contribution in [2.75, 3.05) is 19.0 Å². The van der Waals surface area contributed by atoms with E-state index in [1.165, 1.54) is 6.07 Å². The van der Waals surface area contributed by atoms with Crippen LogP contribution < -0.4 is 19.5 Å². The molecule has 0 fully saturated rings. The fourth-order valence-electron chi connectivity index (χ4n) is 2.51. The third-order valence-electron chi connectivity index (χ3n) is 3.82. The van der Waals surface area contributed by atoms with Gasteiger partial charge in [-0.3, -0.25) is 4.79 Å². The molecule has 2 aromatic carbocycles. The monoisotopic (exact) mass is 362 g/mol. The molecular weight excluding hydrogens is 344 g/mol. The Balaban J connectivity index is 1.80. The Morgan fingerprint density at radius 2 is 1.96 bits per heavy atom. The number of aryl methyl sites for hydroxylation is 1. The predicted octanol–water partition coefficient (Wildman–Crippen LogP) is 1.81. The zero-order chi connectivity index (χ0) is 18.0. The van der Waals surface area contributed by atoms with E-state index < -0.39 is 10.0 Å². The van der Waals surface area contributed by atoms with Gasteiger partial charge < -0.3 is 14.8 Å². The predicted molar refractivity (Wildman–Crippen MR) is 92.3 cm³/mol. The number of methoxy groups -OCH3 is 1. The van der Waals surface area contributed by atoms with Crippen LogP contribution in [0, 0.1) is 6.92 Å². The molecule has 2 aromatic rings. The number of hydrogen-bond donors (Lipinski definition) is 2. The van der Waals surface area contributed by atoms with Crippen LogP contribution in [0.5, 0.6) is 11.5 Å². The van der Waals surface area contributed by atoms with E-state index in [1.807, 2.05) is 0 Å². The number of carbonyl (C=O) groups is 1. The molecule has 0 spiro atoms. The van der Waals surface area contributed by atoms with E-state index in [2.05, 4.69) is 10.0 Å². The molecule has 0 saturated heterocycles. The van der Waals surface area contributed by atoms with E-state index in [4.69, 9.17) is 9.47 Å². The molecule has 0 atom stereocenters. The molecule has 0 bridgehead atoms. The van der Waals surface area contributed by atoms with E-state index in [-0.39, 0.29) is 24.0 Å². The summed E-state index contributed by atoms with van der Waals surface area (Å²) in [7, 11) is -2.16. The van der Waals surface area contributed by atoms with Gasteiger partial charge in [-0.2, -0.15) is 0 Å². The number of nitrogens with one attached hydrogen (secondary N) is 2. The SMILES string of the molecule is COc1ccc(CNS(=O)(=O)c2cc3c(cc2C)NC(=O)CO3)cc1. The molecule has 8 heteroatoms. The lowest BCUT2D eigenvalue weighted by molar-refractivity contribution is -0.118. The summed E-state index contributed by atoms with van der Waals surface area (Å²) in [5.74, 6) is 0.784. The van der Waals surface area contributed by atoms with Gasteiger partial charge in [-0.15, -0.1) is 0 Å². The Morgan fingerprint density at radius 3 is 2.64 bits per heavy atom. The highest BCUT2D eigenvalue weighted by Crippen LogP contribution is 2.32. The molecule has 132 valence electrons. The van der Waals surface area contributed by atoms with Crippen LogP contribution in [0.25, 0.3) is 0 Å². The minimum absolute atomic E-state index is 0.121. The highest BCUT2D eigenvalue weighted by atomic mass is 32.2. The average molecular weight is 362 g/mol. The zero-order valence-corrected chi connectivity index (χ0v) is 14.6. The van der Waals surface area contributed by atoms with E-state index in [1.54, 1.807) is 44.4 Å². The van der Waals surface area contributed by atoms with E-state index in [9.17, 15) is 13.2 Å². The van der Waals surface area contributed by atoms with Crippen molar-refractivity contribution < 1.29 is 22.7 Å². The Labute approximate surface area is 146 Å². The summed E-state index contributed by atoms with van der Waals surface area (Å²) < 4.78 is 38.2. The minimum atomic E-state index is -3.73. The van der Waals surface area contributed by atoms with Crippen LogP contribution in [-0.4, -0.2) is 28.0 Å². The number of rotatable bonds is 5. The number of amides is 1. The number of ether oxygens (including phenoxy) is 2. The third-order valence-corrected chi connectivity index (χ3v) is 5.37. The quantitative estimate of drug-likeness (QED) is 0.846. The van der Waals surface area contributed by atoms with Crippen molar-refractivity contribution in [1.29, 1.82) is 0 Å². The molecule has 0 unspecified atom stereocenters. The number of benzene rings is 2. The molecule has 25 heavy (non-hydrogen) atoms. The molecule has 1 aliphatic rings. The Bertz CT molecular complexity index is 907. The van der Waals surface area contributed by atoms with Crippen LogP contribution in [0.15, 0.2) is 41.3 Å². The van der Waals surface area contributed by atoms with Gasteiger partial charge >= 0.3 is 0 Å². The summed E-state index contributed by atoms with van der Waals surface area (Å²) >= 11 is 0. The molecule has 0 aromatic heterocycles. The van der Waals surface area contributed by atoms with Gasteiger partial charge in [0.05, 0.1) is 17.7 Å². The van der Waals surface area contributed by atoms with Crippen LogP contribution in [-0.2, 0) is 21.4 Å². The molecule has 1 heterocycles. The molecule has 7 nitrogen and oxygen atoms in total. The number of hydrogen-bond acceptors (Lipinski definition) is 5. The minimum Gasteiger partial charge on any atom is -0.497 e. The van der Waals surface area contributed by atoms with Crippen LogP contribution in [0.2, 0.25) is 0 Å². The fraction of sp³-hybridized carbons (Fsp3) is 0.235. The summed E-state index contributed by atoms with van der Waals surface area (Å²) in [6.07, 6.45) is 0.